The Kier molecular flexibility index (Phi) is 3.16. The maximum Gasteiger partial charge on any atom is 0.0932 e. The second kappa shape index (κ2) is 4.37. The smallest absolute Gasteiger partial charge is 0.0932 e. The van der Waals surface area contributed by atoms with Crippen molar-refractivity contribution in [3.8, 4) is 0 Å². The van der Waals surface area contributed by atoms with Crippen molar-refractivity contribution >= 4 is 5.69 Å². The van der Waals surface area contributed by atoms with E-state index in [1.165, 1.54) is 0 Å². The Balaban J connectivity index is 2.80. The van der Waals surface area contributed by atoms with E-state index in [1.54, 1.807) is 30.3 Å². The van der Waals surface area contributed by atoms with Crippen LogP contribution in [0.3, 0.4) is 0 Å². The Morgan fingerprint density at radius 2 is 2.08 bits per heavy atom. The Bertz CT molecular complexity index is 295. The van der Waals surface area contributed by atoms with Gasteiger partial charge in [-0.15, -0.1) is 16.7 Å². The molecular weight excluding hydrogens is 168 g/mol. The van der Waals surface area contributed by atoms with Crippen molar-refractivity contribution in [2.24, 2.45) is 5.29 Å². The van der Waals surface area contributed by atoms with Gasteiger partial charge in [-0.3, -0.25) is 5.21 Å². The van der Waals surface area contributed by atoms with Gasteiger partial charge < -0.3 is 0 Å². The highest BCUT2D eigenvalue weighted by Gasteiger charge is 2.00. The highest BCUT2D eigenvalue weighted by molar-refractivity contribution is 5.44. The molecule has 0 heterocycles. The molecule has 0 aliphatic rings. The van der Waals surface area contributed by atoms with Gasteiger partial charge in [0.25, 0.3) is 0 Å². The quantitative estimate of drug-likeness (QED) is 0.437. The largest absolute Gasteiger partial charge is 0.265 e. The first kappa shape index (κ1) is 9.41. The third-order valence-electron chi connectivity index (χ3n) is 1.62. The molecule has 68 valence electrons. The molecule has 1 N–H and O–H groups in total. The van der Waals surface area contributed by atoms with E-state index in [0.717, 1.165) is 12.0 Å². The fraction of sp³-hybridized carbons (Fsp3) is 0.111. The van der Waals surface area contributed by atoms with E-state index >= 15 is 0 Å². The monoisotopic (exact) mass is 178 g/mol. The van der Waals surface area contributed by atoms with Crippen LogP contribution in [0.25, 0.3) is 0 Å². The lowest BCUT2D eigenvalue weighted by atomic mass is 10.1. The van der Waals surface area contributed by atoms with Crippen molar-refractivity contribution in [3.63, 3.8) is 0 Å². The molecule has 0 amide bonds. The first-order chi connectivity index (χ1) is 6.27. The highest BCUT2D eigenvalue weighted by atomic mass is 16.6. The summed E-state index contributed by atoms with van der Waals surface area (Å²) in [4.78, 5) is 9.93. The predicted molar refractivity (Wildman–Crippen MR) is 50.4 cm³/mol. The molecule has 1 aromatic rings. The molecule has 0 aliphatic heterocycles. The average Bonchev–Trinajstić information content (AvgIpc) is 2.18. The third kappa shape index (κ3) is 2.38. The van der Waals surface area contributed by atoms with Gasteiger partial charge in [0, 0.05) is 0 Å². The van der Waals surface area contributed by atoms with Crippen molar-refractivity contribution < 1.29 is 5.21 Å². The fourth-order valence-electron chi connectivity index (χ4n) is 0.979. The van der Waals surface area contributed by atoms with Crippen molar-refractivity contribution in [2.45, 2.75) is 6.42 Å². The molecule has 0 aliphatic carbocycles. The van der Waals surface area contributed by atoms with Crippen LogP contribution in [0.2, 0.25) is 0 Å². The lowest BCUT2D eigenvalue weighted by Crippen LogP contribution is -2.07. The second-order valence-electron chi connectivity index (χ2n) is 2.53. The number of nitroso groups, excluding NO2 is 1. The van der Waals surface area contributed by atoms with Crippen molar-refractivity contribution in [2.75, 3.05) is 5.17 Å². The average molecular weight is 178 g/mol. The second-order valence-corrected chi connectivity index (χ2v) is 2.53. The molecule has 0 fully saturated rings. The maximum atomic E-state index is 9.93. The minimum Gasteiger partial charge on any atom is -0.265 e. The van der Waals surface area contributed by atoms with Crippen LogP contribution in [0.4, 0.5) is 5.69 Å². The topological polar surface area (TPSA) is 52.9 Å². The van der Waals surface area contributed by atoms with Gasteiger partial charge >= 0.3 is 0 Å². The van der Waals surface area contributed by atoms with Crippen LogP contribution in [0.1, 0.15) is 5.56 Å². The fourth-order valence-corrected chi connectivity index (χ4v) is 0.979. The molecule has 0 radical (unpaired) electrons. The lowest BCUT2D eigenvalue weighted by Gasteiger charge is -2.05. The summed E-state index contributed by atoms with van der Waals surface area (Å²) < 4.78 is 0. The van der Waals surface area contributed by atoms with E-state index in [0.29, 0.717) is 5.69 Å². The van der Waals surface area contributed by atoms with E-state index < -0.39 is 0 Å². The molecule has 0 atom stereocenters. The van der Waals surface area contributed by atoms with E-state index in [-0.39, 0.29) is 5.17 Å². The molecule has 0 saturated heterocycles. The van der Waals surface area contributed by atoms with Gasteiger partial charge in [-0.05, 0) is 24.1 Å². The summed E-state index contributed by atoms with van der Waals surface area (Å²) in [5.74, 6) is 0. The summed E-state index contributed by atoms with van der Waals surface area (Å²) in [5.41, 5.74) is 1.42. The van der Waals surface area contributed by atoms with Gasteiger partial charge in [-0.2, -0.15) is 0 Å². The zero-order valence-electron chi connectivity index (χ0n) is 7.05. The van der Waals surface area contributed by atoms with E-state index in [2.05, 4.69) is 11.9 Å². The van der Waals surface area contributed by atoms with Gasteiger partial charge in [0.05, 0.1) is 11.0 Å². The van der Waals surface area contributed by atoms with Gasteiger partial charge in [0.2, 0.25) is 0 Å². The Labute approximate surface area is 76.0 Å². The van der Waals surface area contributed by atoms with Gasteiger partial charge in [-0.1, -0.05) is 18.2 Å². The molecule has 0 unspecified atom stereocenters. The number of hydrogen-bond acceptors (Lipinski definition) is 3. The van der Waals surface area contributed by atoms with Crippen LogP contribution in [0.5, 0.6) is 0 Å². The Morgan fingerprint density at radius 3 is 2.54 bits per heavy atom. The number of allylic oxidation sites excluding steroid dienone is 1. The number of anilines is 1. The first-order valence-electron chi connectivity index (χ1n) is 3.80. The van der Waals surface area contributed by atoms with Crippen LogP contribution in [-0.2, 0) is 6.42 Å². The zero-order chi connectivity index (χ0) is 9.68. The van der Waals surface area contributed by atoms with Crippen molar-refractivity contribution in [1.29, 1.82) is 0 Å². The lowest BCUT2D eigenvalue weighted by molar-refractivity contribution is 0.258. The third-order valence-corrected chi connectivity index (χ3v) is 1.62. The number of hydrogen-bond donors (Lipinski definition) is 1. The summed E-state index contributed by atoms with van der Waals surface area (Å²) in [5, 5.41) is 11.5. The molecule has 13 heavy (non-hydrogen) atoms. The molecule has 1 aromatic carbocycles. The molecule has 0 spiro atoms. The molecule has 0 saturated carbocycles. The van der Waals surface area contributed by atoms with Gasteiger partial charge in [0.1, 0.15) is 0 Å². The molecule has 1 rings (SSSR count). The summed E-state index contributed by atoms with van der Waals surface area (Å²) in [6.07, 6.45) is 2.55. The van der Waals surface area contributed by atoms with Crippen LogP contribution >= 0.6 is 0 Å². The van der Waals surface area contributed by atoms with E-state index in [9.17, 15) is 4.91 Å². The van der Waals surface area contributed by atoms with Crippen molar-refractivity contribution in [3.05, 3.63) is 47.4 Å². The molecule has 0 aromatic heterocycles. The van der Waals surface area contributed by atoms with Crippen molar-refractivity contribution in [1.82, 2.24) is 0 Å². The zero-order valence-corrected chi connectivity index (χ0v) is 7.05. The highest BCUT2D eigenvalue weighted by Crippen LogP contribution is 2.13. The predicted octanol–water partition coefficient (Wildman–Crippen LogP) is 2.29. The SMILES string of the molecule is C=CCc1ccc(N(O)N=O)cc1. The minimum atomic E-state index is 0.289. The molecule has 0 bridgehead atoms. The number of benzene rings is 1. The molecular formula is C9H10N2O2. The van der Waals surface area contributed by atoms with Crippen LogP contribution < -0.4 is 5.17 Å². The normalized spacial score (nSPS) is 9.31. The molecule has 4 heteroatoms. The van der Waals surface area contributed by atoms with Gasteiger partial charge in [-0.25, -0.2) is 0 Å². The minimum absolute atomic E-state index is 0.289. The first-order valence-corrected chi connectivity index (χ1v) is 3.80. The Hall–Kier alpha value is -1.68. The van der Waals surface area contributed by atoms with Crippen LogP contribution in [0, 0.1) is 4.91 Å². The summed E-state index contributed by atoms with van der Waals surface area (Å²) in [6, 6.07) is 6.82. The summed E-state index contributed by atoms with van der Waals surface area (Å²) >= 11 is 0. The maximum absolute atomic E-state index is 9.93. The standard InChI is InChI=1S/C9H10N2O2/c1-2-3-8-4-6-9(7-5-8)11(13)10-12/h2,4-7,13H,1,3H2. The summed E-state index contributed by atoms with van der Waals surface area (Å²) in [6.45, 7) is 3.60. The van der Waals surface area contributed by atoms with Gasteiger partial charge in [0.15, 0.2) is 0 Å². The van der Waals surface area contributed by atoms with Crippen LogP contribution in [0.15, 0.2) is 42.2 Å². The van der Waals surface area contributed by atoms with E-state index in [1.807, 2.05) is 0 Å². The number of nitrogens with zero attached hydrogens (tertiary/aromatic N) is 2. The van der Waals surface area contributed by atoms with E-state index in [4.69, 9.17) is 5.21 Å². The van der Waals surface area contributed by atoms with Crippen LogP contribution in [-0.4, -0.2) is 5.21 Å². The summed E-state index contributed by atoms with van der Waals surface area (Å²) in [7, 11) is 0. The number of rotatable bonds is 4. The molecule has 4 nitrogen and oxygen atoms in total. The Morgan fingerprint density at radius 1 is 1.46 bits per heavy atom.